The molecule has 0 aliphatic carbocycles. The summed E-state index contributed by atoms with van der Waals surface area (Å²) in [6.07, 6.45) is 3.61. The molecule has 1 amide bonds. The number of hydrogen-bond donors (Lipinski definition) is 0. The highest BCUT2D eigenvalue weighted by molar-refractivity contribution is 5.98. The van der Waals surface area contributed by atoms with Crippen molar-refractivity contribution in [3.05, 3.63) is 59.7 Å². The summed E-state index contributed by atoms with van der Waals surface area (Å²) in [6, 6.07) is 15.8. The van der Waals surface area contributed by atoms with E-state index in [2.05, 4.69) is 24.3 Å². The van der Waals surface area contributed by atoms with Gasteiger partial charge in [0.25, 0.3) is 0 Å². The van der Waals surface area contributed by atoms with E-state index in [9.17, 15) is 9.59 Å². The Morgan fingerprint density at radius 2 is 1.62 bits per heavy atom. The molecule has 0 atom stereocenters. The Morgan fingerprint density at radius 1 is 0.897 bits per heavy atom. The average molecular weight is 393 g/mol. The fraction of sp³-hybridized carbons (Fsp3) is 0.417. The van der Waals surface area contributed by atoms with Gasteiger partial charge in [0.05, 0.1) is 0 Å². The number of nitrogens with zero attached hydrogens (tertiary/aromatic N) is 1. The number of carbonyl (C=O) groups is 2. The van der Waals surface area contributed by atoms with Crippen molar-refractivity contribution in [2.24, 2.45) is 5.92 Å². The zero-order valence-electron chi connectivity index (χ0n) is 16.6. The summed E-state index contributed by atoms with van der Waals surface area (Å²) in [4.78, 5) is 27.0. The predicted molar refractivity (Wildman–Crippen MR) is 110 cm³/mol. The lowest BCUT2D eigenvalue weighted by Gasteiger charge is -2.32. The minimum Gasteiger partial charge on any atom is -0.486 e. The molecule has 29 heavy (non-hydrogen) atoms. The molecule has 0 aromatic heterocycles. The maximum Gasteiger partial charge on any atom is 0.223 e. The number of ether oxygens (including phenoxy) is 2. The summed E-state index contributed by atoms with van der Waals surface area (Å²) in [6.45, 7) is 2.59. The summed E-state index contributed by atoms with van der Waals surface area (Å²) in [5.74, 6) is 1.94. The molecule has 4 rings (SSSR count). The van der Waals surface area contributed by atoms with Crippen molar-refractivity contribution in [1.82, 2.24) is 4.90 Å². The standard InChI is InChI=1S/C24H27NO4/c26-21(20-6-8-22-23(17-20)29-15-14-28-22)7-9-24(27)25-12-10-19(11-13-25)16-18-4-2-1-3-5-18/h1-6,8,17,19H,7,9-16H2. The largest absolute Gasteiger partial charge is 0.486 e. The Hall–Kier alpha value is -2.82. The summed E-state index contributed by atoms with van der Waals surface area (Å²) in [5, 5.41) is 0. The average Bonchev–Trinajstić information content (AvgIpc) is 2.78. The van der Waals surface area contributed by atoms with Crippen LogP contribution in [0.4, 0.5) is 0 Å². The smallest absolute Gasteiger partial charge is 0.223 e. The Balaban J connectivity index is 1.23. The van der Waals surface area contributed by atoms with Crippen molar-refractivity contribution in [2.75, 3.05) is 26.3 Å². The highest BCUT2D eigenvalue weighted by atomic mass is 16.6. The summed E-state index contributed by atoms with van der Waals surface area (Å²) in [7, 11) is 0. The number of hydrogen-bond acceptors (Lipinski definition) is 4. The van der Waals surface area contributed by atoms with Gasteiger partial charge in [-0.2, -0.15) is 0 Å². The van der Waals surface area contributed by atoms with Crippen LogP contribution >= 0.6 is 0 Å². The third-order valence-electron chi connectivity index (χ3n) is 5.76. The molecule has 2 aromatic rings. The Labute approximate surface area is 171 Å². The van der Waals surface area contributed by atoms with Crippen LogP contribution in [0.1, 0.15) is 41.6 Å². The second-order valence-corrected chi connectivity index (χ2v) is 7.80. The van der Waals surface area contributed by atoms with Crippen molar-refractivity contribution >= 4 is 11.7 Å². The molecular weight excluding hydrogens is 366 g/mol. The van der Waals surface area contributed by atoms with Gasteiger partial charge in [0.15, 0.2) is 17.3 Å². The lowest BCUT2D eigenvalue weighted by molar-refractivity contribution is -0.132. The zero-order chi connectivity index (χ0) is 20.1. The van der Waals surface area contributed by atoms with Gasteiger partial charge in [-0.05, 0) is 48.9 Å². The first-order valence-corrected chi connectivity index (χ1v) is 10.4. The number of carbonyl (C=O) groups excluding carboxylic acids is 2. The van der Waals surface area contributed by atoms with E-state index in [-0.39, 0.29) is 24.5 Å². The van der Waals surface area contributed by atoms with Crippen LogP contribution < -0.4 is 9.47 Å². The lowest BCUT2D eigenvalue weighted by atomic mass is 9.90. The van der Waals surface area contributed by atoms with Crippen molar-refractivity contribution in [3.8, 4) is 11.5 Å². The van der Waals surface area contributed by atoms with E-state index in [0.29, 0.717) is 36.2 Å². The molecule has 0 radical (unpaired) electrons. The van der Waals surface area contributed by atoms with Gasteiger partial charge in [-0.3, -0.25) is 9.59 Å². The van der Waals surface area contributed by atoms with E-state index in [1.165, 1.54) is 5.56 Å². The predicted octanol–water partition coefficient (Wildman–Crippen LogP) is 3.90. The van der Waals surface area contributed by atoms with Crippen LogP contribution in [-0.4, -0.2) is 42.9 Å². The van der Waals surface area contributed by atoms with Gasteiger partial charge in [0, 0.05) is 31.5 Å². The van der Waals surface area contributed by atoms with E-state index in [1.54, 1.807) is 18.2 Å². The third kappa shape index (κ3) is 4.97. The van der Waals surface area contributed by atoms with E-state index in [4.69, 9.17) is 9.47 Å². The van der Waals surface area contributed by atoms with Crippen LogP contribution in [0.15, 0.2) is 48.5 Å². The topological polar surface area (TPSA) is 55.8 Å². The van der Waals surface area contributed by atoms with Gasteiger partial charge in [-0.25, -0.2) is 0 Å². The second kappa shape index (κ2) is 9.12. The first kappa shape index (κ1) is 19.5. The maximum atomic E-state index is 12.6. The summed E-state index contributed by atoms with van der Waals surface area (Å²) >= 11 is 0. The molecule has 0 spiro atoms. The second-order valence-electron chi connectivity index (χ2n) is 7.80. The molecule has 0 N–H and O–H groups in total. The lowest BCUT2D eigenvalue weighted by Crippen LogP contribution is -2.39. The van der Waals surface area contributed by atoms with Gasteiger partial charge in [-0.15, -0.1) is 0 Å². The van der Waals surface area contributed by atoms with E-state index in [1.807, 2.05) is 11.0 Å². The number of amides is 1. The monoisotopic (exact) mass is 393 g/mol. The number of fused-ring (bicyclic) bond motifs is 1. The SMILES string of the molecule is O=C(CCC(=O)N1CCC(Cc2ccccc2)CC1)c1ccc2c(c1)OCCO2. The Kier molecular flexibility index (Phi) is 6.13. The molecule has 0 saturated carbocycles. The highest BCUT2D eigenvalue weighted by Crippen LogP contribution is 2.31. The number of benzene rings is 2. The molecule has 1 fully saturated rings. The number of ketones is 1. The van der Waals surface area contributed by atoms with Crippen molar-refractivity contribution in [1.29, 1.82) is 0 Å². The Bertz CT molecular complexity index is 856. The third-order valence-corrected chi connectivity index (χ3v) is 5.76. The molecular formula is C24H27NO4. The van der Waals surface area contributed by atoms with Crippen LogP contribution in [-0.2, 0) is 11.2 Å². The van der Waals surface area contributed by atoms with Gasteiger partial charge < -0.3 is 14.4 Å². The van der Waals surface area contributed by atoms with Crippen LogP contribution in [0.2, 0.25) is 0 Å². The number of rotatable bonds is 6. The zero-order valence-corrected chi connectivity index (χ0v) is 16.6. The van der Waals surface area contributed by atoms with Crippen molar-refractivity contribution in [2.45, 2.75) is 32.1 Å². The first-order valence-electron chi connectivity index (χ1n) is 10.4. The first-order chi connectivity index (χ1) is 14.2. The molecule has 0 bridgehead atoms. The fourth-order valence-electron chi connectivity index (χ4n) is 4.07. The molecule has 152 valence electrons. The minimum absolute atomic E-state index is 0.0331. The molecule has 5 nitrogen and oxygen atoms in total. The van der Waals surface area contributed by atoms with Crippen LogP contribution in [0.5, 0.6) is 11.5 Å². The van der Waals surface area contributed by atoms with Gasteiger partial charge in [0.1, 0.15) is 13.2 Å². The molecule has 2 aromatic carbocycles. The molecule has 2 aliphatic rings. The van der Waals surface area contributed by atoms with E-state index >= 15 is 0 Å². The van der Waals surface area contributed by atoms with Crippen molar-refractivity contribution in [3.63, 3.8) is 0 Å². The van der Waals surface area contributed by atoms with E-state index < -0.39 is 0 Å². The number of piperidine rings is 1. The quantitative estimate of drug-likeness (QED) is 0.699. The molecule has 2 aliphatic heterocycles. The Morgan fingerprint density at radius 3 is 2.38 bits per heavy atom. The van der Waals surface area contributed by atoms with Gasteiger partial charge in [0.2, 0.25) is 5.91 Å². The molecule has 2 heterocycles. The van der Waals surface area contributed by atoms with Gasteiger partial charge >= 0.3 is 0 Å². The number of Topliss-reactive ketones (excluding diaryl/α,β-unsaturated/α-hetero) is 1. The normalized spacial score (nSPS) is 16.5. The van der Waals surface area contributed by atoms with Crippen LogP contribution in [0.25, 0.3) is 0 Å². The molecule has 0 unspecified atom stereocenters. The highest BCUT2D eigenvalue weighted by Gasteiger charge is 2.23. The molecule has 1 saturated heterocycles. The van der Waals surface area contributed by atoms with Crippen molar-refractivity contribution < 1.29 is 19.1 Å². The minimum atomic E-state index is -0.0331. The van der Waals surface area contributed by atoms with Crippen LogP contribution in [0, 0.1) is 5.92 Å². The van der Waals surface area contributed by atoms with E-state index in [0.717, 1.165) is 32.4 Å². The molecule has 5 heteroatoms. The van der Waals surface area contributed by atoms with Crippen LogP contribution in [0.3, 0.4) is 0 Å². The summed E-state index contributed by atoms with van der Waals surface area (Å²) in [5.41, 5.74) is 1.94. The summed E-state index contributed by atoms with van der Waals surface area (Å²) < 4.78 is 11.0. The maximum absolute atomic E-state index is 12.6. The van der Waals surface area contributed by atoms with Gasteiger partial charge in [-0.1, -0.05) is 30.3 Å². The fourth-order valence-corrected chi connectivity index (χ4v) is 4.07. The number of likely N-dealkylation sites (tertiary alicyclic amines) is 1.